The molecule has 1 saturated carbocycles. The van der Waals surface area contributed by atoms with Gasteiger partial charge in [-0.05, 0) is 32.6 Å². The van der Waals surface area contributed by atoms with Crippen molar-refractivity contribution in [2.24, 2.45) is 11.8 Å². The normalized spacial score (nSPS) is 36.3. The molecule has 102 valence electrons. The topological polar surface area (TPSA) is 75.6 Å². The van der Waals surface area contributed by atoms with Crippen molar-refractivity contribution in [3.8, 4) is 0 Å². The Kier molecular flexibility index (Phi) is 4.22. The highest BCUT2D eigenvalue weighted by atomic mass is 16.5. The van der Waals surface area contributed by atoms with Crippen molar-refractivity contribution in [1.29, 1.82) is 0 Å². The third-order valence-electron chi connectivity index (χ3n) is 4.10. The van der Waals surface area contributed by atoms with Crippen LogP contribution in [0.25, 0.3) is 0 Å². The van der Waals surface area contributed by atoms with Crippen LogP contribution in [0.5, 0.6) is 0 Å². The number of ether oxygens (including phenoxy) is 1. The lowest BCUT2D eigenvalue weighted by Gasteiger charge is -2.27. The van der Waals surface area contributed by atoms with Crippen molar-refractivity contribution in [3.63, 3.8) is 0 Å². The maximum Gasteiger partial charge on any atom is 0.306 e. The fourth-order valence-corrected chi connectivity index (χ4v) is 2.87. The van der Waals surface area contributed by atoms with E-state index in [1.807, 2.05) is 6.92 Å². The number of carbonyl (C=O) groups is 2. The maximum absolute atomic E-state index is 12.1. The minimum absolute atomic E-state index is 0.00306. The van der Waals surface area contributed by atoms with E-state index in [1.165, 1.54) is 0 Å². The molecule has 2 N–H and O–H groups in total. The van der Waals surface area contributed by atoms with Gasteiger partial charge in [-0.25, -0.2) is 0 Å². The Balaban J connectivity index is 1.86. The first-order valence-electron chi connectivity index (χ1n) is 6.72. The number of amides is 1. The molecule has 5 heteroatoms. The number of carboxylic acid groups (broad SMARTS) is 1. The predicted octanol–water partition coefficient (Wildman–Crippen LogP) is 1.17. The summed E-state index contributed by atoms with van der Waals surface area (Å²) in [4.78, 5) is 23.1. The van der Waals surface area contributed by atoms with Crippen molar-refractivity contribution in [2.75, 3.05) is 6.61 Å². The van der Waals surface area contributed by atoms with E-state index in [-0.39, 0.29) is 29.9 Å². The number of carboxylic acids is 1. The van der Waals surface area contributed by atoms with E-state index >= 15 is 0 Å². The fourth-order valence-electron chi connectivity index (χ4n) is 2.87. The first-order chi connectivity index (χ1) is 8.58. The molecule has 2 rings (SSSR count). The molecule has 0 aromatic carbocycles. The molecule has 18 heavy (non-hydrogen) atoms. The summed E-state index contributed by atoms with van der Waals surface area (Å²) in [6, 6.07) is 0.0858. The van der Waals surface area contributed by atoms with Gasteiger partial charge < -0.3 is 15.2 Å². The van der Waals surface area contributed by atoms with E-state index in [0.29, 0.717) is 19.4 Å². The minimum atomic E-state index is -0.773. The summed E-state index contributed by atoms with van der Waals surface area (Å²) in [7, 11) is 0. The standard InChI is InChI=1S/C13H21NO4/c1-8-11(5-6-18-8)14-12(15)9-3-2-4-10(7-9)13(16)17/h8-11H,2-7H2,1H3,(H,14,15)(H,16,17). The van der Waals surface area contributed by atoms with Crippen LogP contribution in [0.4, 0.5) is 0 Å². The Morgan fingerprint density at radius 1 is 1.22 bits per heavy atom. The van der Waals surface area contributed by atoms with Crippen LogP contribution in [0, 0.1) is 11.8 Å². The minimum Gasteiger partial charge on any atom is -0.481 e. The second kappa shape index (κ2) is 5.69. The molecule has 1 saturated heterocycles. The number of hydrogen-bond donors (Lipinski definition) is 2. The Hall–Kier alpha value is -1.10. The van der Waals surface area contributed by atoms with Crippen LogP contribution in [-0.4, -0.2) is 35.7 Å². The molecule has 0 radical (unpaired) electrons. The summed E-state index contributed by atoms with van der Waals surface area (Å²) in [5, 5.41) is 12.0. The molecule has 1 aliphatic carbocycles. The first-order valence-corrected chi connectivity index (χ1v) is 6.72. The second-order valence-corrected chi connectivity index (χ2v) is 5.38. The molecule has 2 fully saturated rings. The summed E-state index contributed by atoms with van der Waals surface area (Å²) < 4.78 is 5.40. The fraction of sp³-hybridized carbons (Fsp3) is 0.846. The van der Waals surface area contributed by atoms with Gasteiger partial charge in [0.05, 0.1) is 18.1 Å². The molecular formula is C13H21NO4. The largest absolute Gasteiger partial charge is 0.481 e. The highest BCUT2D eigenvalue weighted by molar-refractivity contribution is 5.80. The number of aliphatic carboxylic acids is 1. The number of hydrogen-bond acceptors (Lipinski definition) is 3. The molecule has 5 nitrogen and oxygen atoms in total. The third-order valence-corrected chi connectivity index (χ3v) is 4.10. The summed E-state index contributed by atoms with van der Waals surface area (Å²) in [5.41, 5.74) is 0. The van der Waals surface area contributed by atoms with Gasteiger partial charge in [0, 0.05) is 12.5 Å². The van der Waals surface area contributed by atoms with E-state index in [2.05, 4.69) is 5.32 Å². The average Bonchev–Trinajstić information content (AvgIpc) is 2.75. The van der Waals surface area contributed by atoms with Crippen LogP contribution >= 0.6 is 0 Å². The molecule has 0 spiro atoms. The molecule has 1 amide bonds. The molecule has 4 atom stereocenters. The average molecular weight is 255 g/mol. The molecular weight excluding hydrogens is 234 g/mol. The molecule has 4 unspecified atom stereocenters. The van der Waals surface area contributed by atoms with Crippen LogP contribution in [0.15, 0.2) is 0 Å². The number of rotatable bonds is 3. The van der Waals surface area contributed by atoms with Crippen LogP contribution in [-0.2, 0) is 14.3 Å². The molecule has 0 aromatic heterocycles. The quantitative estimate of drug-likeness (QED) is 0.793. The van der Waals surface area contributed by atoms with E-state index in [9.17, 15) is 9.59 Å². The van der Waals surface area contributed by atoms with Gasteiger partial charge >= 0.3 is 5.97 Å². The van der Waals surface area contributed by atoms with Crippen molar-refractivity contribution >= 4 is 11.9 Å². The Morgan fingerprint density at radius 3 is 2.56 bits per heavy atom. The van der Waals surface area contributed by atoms with Gasteiger partial charge in [0.2, 0.25) is 5.91 Å². The Labute approximate surface area is 107 Å². The van der Waals surface area contributed by atoms with Crippen molar-refractivity contribution in [2.45, 2.75) is 51.2 Å². The smallest absolute Gasteiger partial charge is 0.306 e. The van der Waals surface area contributed by atoms with E-state index in [1.54, 1.807) is 0 Å². The first kappa shape index (κ1) is 13.3. The lowest BCUT2D eigenvalue weighted by molar-refractivity contribution is -0.144. The van der Waals surface area contributed by atoms with Crippen molar-refractivity contribution in [3.05, 3.63) is 0 Å². The van der Waals surface area contributed by atoms with Gasteiger partial charge in [0.25, 0.3) is 0 Å². The van der Waals surface area contributed by atoms with Gasteiger partial charge in [-0.3, -0.25) is 9.59 Å². The van der Waals surface area contributed by atoms with Crippen LogP contribution in [0.1, 0.15) is 39.0 Å². The molecule has 0 bridgehead atoms. The molecule has 0 aromatic rings. The van der Waals surface area contributed by atoms with Crippen LogP contribution < -0.4 is 5.32 Å². The van der Waals surface area contributed by atoms with Gasteiger partial charge in [0.1, 0.15) is 0 Å². The maximum atomic E-state index is 12.1. The Morgan fingerprint density at radius 2 is 1.94 bits per heavy atom. The highest BCUT2D eigenvalue weighted by Gasteiger charge is 2.33. The summed E-state index contributed by atoms with van der Waals surface area (Å²) in [6.45, 7) is 2.65. The third kappa shape index (κ3) is 3.02. The van der Waals surface area contributed by atoms with E-state index in [0.717, 1.165) is 19.3 Å². The highest BCUT2D eigenvalue weighted by Crippen LogP contribution is 2.29. The zero-order chi connectivity index (χ0) is 13.1. The SMILES string of the molecule is CC1OCCC1NC(=O)C1CCCC(C(=O)O)C1. The van der Waals surface area contributed by atoms with Gasteiger partial charge in [-0.2, -0.15) is 0 Å². The zero-order valence-electron chi connectivity index (χ0n) is 10.7. The lowest BCUT2D eigenvalue weighted by atomic mass is 9.81. The van der Waals surface area contributed by atoms with Gasteiger partial charge in [-0.1, -0.05) is 6.42 Å². The monoisotopic (exact) mass is 255 g/mol. The molecule has 2 aliphatic rings. The Bertz CT molecular complexity index is 331. The van der Waals surface area contributed by atoms with E-state index < -0.39 is 5.97 Å². The van der Waals surface area contributed by atoms with Crippen molar-refractivity contribution in [1.82, 2.24) is 5.32 Å². The summed E-state index contributed by atoms with van der Waals surface area (Å²) >= 11 is 0. The van der Waals surface area contributed by atoms with Crippen LogP contribution in [0.2, 0.25) is 0 Å². The predicted molar refractivity (Wildman–Crippen MR) is 65.0 cm³/mol. The molecule has 1 heterocycles. The second-order valence-electron chi connectivity index (χ2n) is 5.38. The summed E-state index contributed by atoms with van der Waals surface area (Å²) in [5.74, 6) is -1.27. The summed E-state index contributed by atoms with van der Waals surface area (Å²) in [6.07, 6.45) is 3.71. The zero-order valence-corrected chi connectivity index (χ0v) is 10.7. The van der Waals surface area contributed by atoms with Crippen LogP contribution in [0.3, 0.4) is 0 Å². The van der Waals surface area contributed by atoms with E-state index in [4.69, 9.17) is 9.84 Å². The van der Waals surface area contributed by atoms with Gasteiger partial charge in [0.15, 0.2) is 0 Å². The van der Waals surface area contributed by atoms with Crippen molar-refractivity contribution < 1.29 is 19.4 Å². The number of nitrogens with one attached hydrogen (secondary N) is 1. The van der Waals surface area contributed by atoms with Gasteiger partial charge in [-0.15, -0.1) is 0 Å². The molecule has 1 aliphatic heterocycles. The number of carbonyl (C=O) groups excluding carboxylic acids is 1. The lowest BCUT2D eigenvalue weighted by Crippen LogP contribution is -2.43.